The standard InChI is InChI=1S/C12H10BrNO4S/c13-10-2-1-8(19-10)3-4-14-11(15)9-5-7(6-18-9)12(16)17/h1-2,5-6H,3-4H2,(H,14,15)(H,16,17). The Morgan fingerprint density at radius 3 is 2.79 bits per heavy atom. The van der Waals surface area contributed by atoms with Crippen LogP contribution in [0.1, 0.15) is 25.8 Å². The lowest BCUT2D eigenvalue weighted by molar-refractivity contribution is 0.0696. The van der Waals surface area contributed by atoms with Gasteiger partial charge in [0, 0.05) is 17.5 Å². The van der Waals surface area contributed by atoms with Gasteiger partial charge in [-0.05, 0) is 34.5 Å². The number of amides is 1. The molecule has 2 rings (SSSR count). The van der Waals surface area contributed by atoms with Crippen LogP contribution >= 0.6 is 27.3 Å². The average Bonchev–Trinajstić information content (AvgIpc) is 2.98. The van der Waals surface area contributed by atoms with Crippen molar-refractivity contribution in [1.29, 1.82) is 0 Å². The van der Waals surface area contributed by atoms with Crippen molar-refractivity contribution in [3.8, 4) is 0 Å². The van der Waals surface area contributed by atoms with Crippen LogP contribution in [0.5, 0.6) is 0 Å². The van der Waals surface area contributed by atoms with E-state index in [0.717, 1.165) is 14.9 Å². The predicted octanol–water partition coefficient (Wildman–Crippen LogP) is 2.77. The number of hydrogen-bond acceptors (Lipinski definition) is 4. The van der Waals surface area contributed by atoms with E-state index in [4.69, 9.17) is 9.52 Å². The average molecular weight is 344 g/mol. The Kier molecular flexibility index (Phi) is 4.39. The van der Waals surface area contributed by atoms with Gasteiger partial charge in [0.25, 0.3) is 5.91 Å². The first-order valence-electron chi connectivity index (χ1n) is 5.40. The topological polar surface area (TPSA) is 79.5 Å². The zero-order valence-corrected chi connectivity index (χ0v) is 12.1. The first kappa shape index (κ1) is 13.8. The molecule has 0 saturated carbocycles. The molecule has 0 aromatic carbocycles. The molecular formula is C12H10BrNO4S. The second-order valence-corrected chi connectivity index (χ2v) is 6.26. The van der Waals surface area contributed by atoms with E-state index in [-0.39, 0.29) is 11.3 Å². The van der Waals surface area contributed by atoms with Gasteiger partial charge < -0.3 is 14.8 Å². The van der Waals surface area contributed by atoms with E-state index >= 15 is 0 Å². The van der Waals surface area contributed by atoms with Gasteiger partial charge in [0.2, 0.25) is 0 Å². The fraction of sp³-hybridized carbons (Fsp3) is 0.167. The molecule has 7 heteroatoms. The molecular weight excluding hydrogens is 334 g/mol. The molecule has 19 heavy (non-hydrogen) atoms. The number of thiophene rings is 1. The summed E-state index contributed by atoms with van der Waals surface area (Å²) < 4.78 is 5.94. The highest BCUT2D eigenvalue weighted by Crippen LogP contribution is 2.22. The number of carboxylic acids is 1. The fourth-order valence-electron chi connectivity index (χ4n) is 1.44. The van der Waals surface area contributed by atoms with Crippen LogP contribution < -0.4 is 5.32 Å². The molecule has 0 aliphatic rings. The maximum Gasteiger partial charge on any atom is 0.338 e. The summed E-state index contributed by atoms with van der Waals surface area (Å²) in [4.78, 5) is 23.5. The Morgan fingerprint density at radius 1 is 1.42 bits per heavy atom. The largest absolute Gasteiger partial charge is 0.478 e. The Labute approximate surface area is 121 Å². The summed E-state index contributed by atoms with van der Waals surface area (Å²) in [6.45, 7) is 0.467. The Morgan fingerprint density at radius 2 is 2.21 bits per heavy atom. The summed E-state index contributed by atoms with van der Waals surface area (Å²) in [5, 5.41) is 11.4. The second kappa shape index (κ2) is 6.03. The van der Waals surface area contributed by atoms with E-state index < -0.39 is 11.9 Å². The summed E-state index contributed by atoms with van der Waals surface area (Å²) in [5.74, 6) is -1.53. The SMILES string of the molecule is O=C(O)c1coc(C(=O)NCCc2ccc(Br)s2)c1. The van der Waals surface area contributed by atoms with Gasteiger partial charge >= 0.3 is 5.97 Å². The molecule has 0 spiro atoms. The second-order valence-electron chi connectivity index (χ2n) is 3.72. The fourth-order valence-corrected chi connectivity index (χ4v) is 2.92. The lowest BCUT2D eigenvalue weighted by Gasteiger charge is -2.01. The van der Waals surface area contributed by atoms with Gasteiger partial charge in [0.05, 0.1) is 9.35 Å². The van der Waals surface area contributed by atoms with Crippen molar-refractivity contribution in [3.05, 3.63) is 44.4 Å². The molecule has 0 fully saturated rings. The smallest absolute Gasteiger partial charge is 0.338 e. The van der Waals surface area contributed by atoms with E-state index in [0.29, 0.717) is 13.0 Å². The molecule has 0 aliphatic carbocycles. The molecule has 2 aromatic heterocycles. The monoisotopic (exact) mass is 343 g/mol. The number of nitrogens with one attached hydrogen (secondary N) is 1. The summed E-state index contributed by atoms with van der Waals surface area (Å²) in [7, 11) is 0. The molecule has 100 valence electrons. The Hall–Kier alpha value is -1.60. The third kappa shape index (κ3) is 3.68. The van der Waals surface area contributed by atoms with E-state index in [2.05, 4.69) is 21.2 Å². The van der Waals surface area contributed by atoms with Crippen LogP contribution in [0.25, 0.3) is 0 Å². The molecule has 0 aliphatic heterocycles. The minimum absolute atomic E-state index is 0.00441. The number of aromatic carboxylic acids is 1. The molecule has 2 aromatic rings. The Bertz CT molecular complexity index is 604. The number of carboxylic acid groups (broad SMARTS) is 1. The quantitative estimate of drug-likeness (QED) is 0.874. The van der Waals surface area contributed by atoms with Crippen LogP contribution in [-0.2, 0) is 6.42 Å². The highest BCUT2D eigenvalue weighted by atomic mass is 79.9. The lowest BCUT2D eigenvalue weighted by Crippen LogP contribution is -2.25. The van der Waals surface area contributed by atoms with Crippen LogP contribution in [0.4, 0.5) is 0 Å². The van der Waals surface area contributed by atoms with E-state index in [9.17, 15) is 9.59 Å². The molecule has 2 N–H and O–H groups in total. The predicted molar refractivity (Wildman–Crippen MR) is 73.7 cm³/mol. The molecule has 0 atom stereocenters. The third-order valence-corrected chi connectivity index (χ3v) is 4.04. The minimum atomic E-state index is -1.12. The zero-order valence-electron chi connectivity index (χ0n) is 9.68. The molecule has 1 amide bonds. The van der Waals surface area contributed by atoms with Crippen molar-refractivity contribution in [2.24, 2.45) is 0 Å². The van der Waals surface area contributed by atoms with Gasteiger partial charge in [0.15, 0.2) is 5.76 Å². The highest BCUT2D eigenvalue weighted by molar-refractivity contribution is 9.11. The first-order chi connectivity index (χ1) is 9.06. The third-order valence-electron chi connectivity index (χ3n) is 2.36. The van der Waals surface area contributed by atoms with Crippen molar-refractivity contribution >= 4 is 39.1 Å². The lowest BCUT2D eigenvalue weighted by atomic mass is 10.3. The molecule has 0 radical (unpaired) electrons. The van der Waals surface area contributed by atoms with Crippen molar-refractivity contribution < 1.29 is 19.1 Å². The van der Waals surface area contributed by atoms with Crippen LogP contribution in [-0.4, -0.2) is 23.5 Å². The zero-order chi connectivity index (χ0) is 13.8. The van der Waals surface area contributed by atoms with Crippen LogP contribution in [0.3, 0.4) is 0 Å². The van der Waals surface area contributed by atoms with Gasteiger partial charge in [-0.2, -0.15) is 0 Å². The van der Waals surface area contributed by atoms with Gasteiger partial charge in [-0.3, -0.25) is 4.79 Å². The van der Waals surface area contributed by atoms with E-state index in [1.54, 1.807) is 11.3 Å². The summed E-state index contributed by atoms with van der Waals surface area (Å²) >= 11 is 4.97. The van der Waals surface area contributed by atoms with Crippen LogP contribution in [0.15, 0.2) is 32.7 Å². The van der Waals surface area contributed by atoms with Crippen molar-refractivity contribution in [1.82, 2.24) is 5.32 Å². The minimum Gasteiger partial charge on any atom is -0.478 e. The summed E-state index contributed by atoms with van der Waals surface area (Å²) in [6.07, 6.45) is 1.77. The van der Waals surface area contributed by atoms with Crippen molar-refractivity contribution in [2.45, 2.75) is 6.42 Å². The van der Waals surface area contributed by atoms with Crippen molar-refractivity contribution in [2.75, 3.05) is 6.54 Å². The summed E-state index contributed by atoms with van der Waals surface area (Å²) in [6, 6.07) is 5.14. The van der Waals surface area contributed by atoms with Gasteiger partial charge in [0.1, 0.15) is 6.26 Å². The molecule has 5 nitrogen and oxygen atoms in total. The maximum absolute atomic E-state index is 11.7. The van der Waals surface area contributed by atoms with Crippen LogP contribution in [0.2, 0.25) is 0 Å². The highest BCUT2D eigenvalue weighted by Gasteiger charge is 2.14. The molecule has 0 unspecified atom stereocenters. The van der Waals surface area contributed by atoms with Crippen LogP contribution in [0, 0.1) is 0 Å². The van der Waals surface area contributed by atoms with Gasteiger partial charge in [-0.1, -0.05) is 0 Å². The first-order valence-corrected chi connectivity index (χ1v) is 7.01. The number of carbonyl (C=O) groups excluding carboxylic acids is 1. The number of carbonyl (C=O) groups is 2. The Balaban J connectivity index is 1.85. The normalized spacial score (nSPS) is 10.4. The molecule has 2 heterocycles. The van der Waals surface area contributed by atoms with Gasteiger partial charge in [-0.25, -0.2) is 4.79 Å². The molecule has 0 saturated heterocycles. The van der Waals surface area contributed by atoms with E-state index in [1.165, 1.54) is 6.07 Å². The number of rotatable bonds is 5. The number of hydrogen-bond donors (Lipinski definition) is 2. The van der Waals surface area contributed by atoms with Crippen molar-refractivity contribution in [3.63, 3.8) is 0 Å². The van der Waals surface area contributed by atoms with Gasteiger partial charge in [-0.15, -0.1) is 11.3 Å². The number of halogens is 1. The number of furan rings is 1. The molecule has 0 bridgehead atoms. The summed E-state index contributed by atoms with van der Waals surface area (Å²) in [5.41, 5.74) is -0.0349. The van der Waals surface area contributed by atoms with E-state index in [1.807, 2.05) is 12.1 Å². The maximum atomic E-state index is 11.7.